The molecule has 3 N–H and O–H groups in total. The Hall–Kier alpha value is -1.92. The summed E-state index contributed by atoms with van der Waals surface area (Å²) in [7, 11) is 0. The molecule has 3 atom stereocenters. The molecule has 6 heteroatoms. The molecule has 0 radical (unpaired) electrons. The molecule has 0 saturated carbocycles. The number of anilines is 1. The van der Waals surface area contributed by atoms with Crippen molar-refractivity contribution in [1.82, 2.24) is 0 Å². The third-order valence-corrected chi connectivity index (χ3v) is 3.94. The van der Waals surface area contributed by atoms with Crippen molar-refractivity contribution in [2.24, 2.45) is 11.7 Å². The van der Waals surface area contributed by atoms with Gasteiger partial charge in [0.25, 0.3) is 0 Å². The highest BCUT2D eigenvalue weighted by atomic mass is 16.5. The summed E-state index contributed by atoms with van der Waals surface area (Å²) in [4.78, 5) is 25.4. The number of benzene rings is 1. The van der Waals surface area contributed by atoms with Gasteiger partial charge in [0.1, 0.15) is 6.04 Å². The third-order valence-electron chi connectivity index (χ3n) is 3.94. The average molecular weight is 276 g/mol. The number of aliphatic carboxylic acids is 1. The highest BCUT2D eigenvalue weighted by molar-refractivity contribution is 6.03. The molecule has 0 aliphatic carbocycles. The van der Waals surface area contributed by atoms with E-state index in [1.807, 2.05) is 12.1 Å². The number of hydrogen-bond donors (Lipinski definition) is 2. The standard InChI is InChI=1S/C14H16N2O4/c15-10-7-20-6-9(10)13(17)16-11-4-2-1-3-8(11)5-12(16)14(18)19/h1-4,9-10,12H,5-7,15H2,(H,18,19). The van der Waals surface area contributed by atoms with E-state index < -0.39 is 17.9 Å². The number of ether oxygens (including phenoxy) is 1. The van der Waals surface area contributed by atoms with E-state index in [2.05, 4.69) is 0 Å². The molecule has 20 heavy (non-hydrogen) atoms. The molecule has 0 spiro atoms. The number of nitrogens with two attached hydrogens (primary N) is 1. The molecule has 1 fully saturated rings. The lowest BCUT2D eigenvalue weighted by Gasteiger charge is -2.26. The van der Waals surface area contributed by atoms with Crippen LogP contribution in [0.2, 0.25) is 0 Å². The number of amides is 1. The molecular formula is C14H16N2O4. The van der Waals surface area contributed by atoms with Gasteiger partial charge in [-0.25, -0.2) is 4.79 Å². The Labute approximate surface area is 116 Å². The second-order valence-corrected chi connectivity index (χ2v) is 5.20. The Morgan fingerprint density at radius 2 is 2.05 bits per heavy atom. The summed E-state index contributed by atoms with van der Waals surface area (Å²) in [6.07, 6.45) is 0.333. The van der Waals surface area contributed by atoms with Crippen LogP contribution in [-0.2, 0) is 20.7 Å². The number of fused-ring (bicyclic) bond motifs is 1. The van der Waals surface area contributed by atoms with E-state index in [0.29, 0.717) is 18.7 Å². The molecule has 2 aliphatic rings. The summed E-state index contributed by atoms with van der Waals surface area (Å²) in [5.74, 6) is -1.72. The van der Waals surface area contributed by atoms with Gasteiger partial charge in [-0.3, -0.25) is 9.69 Å². The van der Waals surface area contributed by atoms with Gasteiger partial charge >= 0.3 is 5.97 Å². The van der Waals surface area contributed by atoms with Crippen LogP contribution in [0.1, 0.15) is 5.56 Å². The average Bonchev–Trinajstić information content (AvgIpc) is 3.01. The molecule has 1 aromatic carbocycles. The van der Waals surface area contributed by atoms with Gasteiger partial charge in [0.15, 0.2) is 0 Å². The lowest BCUT2D eigenvalue weighted by Crippen LogP contribution is -2.49. The Morgan fingerprint density at radius 3 is 2.70 bits per heavy atom. The SMILES string of the molecule is NC1COCC1C(=O)N1c2ccccc2CC1C(=O)O. The van der Waals surface area contributed by atoms with Crippen LogP contribution in [0.25, 0.3) is 0 Å². The second-order valence-electron chi connectivity index (χ2n) is 5.20. The first-order valence-corrected chi connectivity index (χ1v) is 6.56. The molecule has 0 aromatic heterocycles. The molecule has 3 rings (SSSR count). The minimum Gasteiger partial charge on any atom is -0.480 e. The lowest BCUT2D eigenvalue weighted by atomic mass is 10.0. The fraction of sp³-hybridized carbons (Fsp3) is 0.429. The normalized spacial score (nSPS) is 28.4. The molecule has 1 amide bonds. The predicted molar refractivity (Wildman–Crippen MR) is 71.3 cm³/mol. The third kappa shape index (κ3) is 1.97. The van der Waals surface area contributed by atoms with Crippen LogP contribution >= 0.6 is 0 Å². The summed E-state index contributed by atoms with van der Waals surface area (Å²) in [6.45, 7) is 0.592. The molecular weight excluding hydrogens is 260 g/mol. The fourth-order valence-electron chi connectivity index (χ4n) is 2.86. The van der Waals surface area contributed by atoms with E-state index in [9.17, 15) is 14.7 Å². The van der Waals surface area contributed by atoms with Crippen LogP contribution in [0.3, 0.4) is 0 Å². The number of para-hydroxylation sites is 1. The maximum absolute atomic E-state index is 12.6. The first kappa shape index (κ1) is 13.1. The molecule has 3 unspecified atom stereocenters. The van der Waals surface area contributed by atoms with Crippen molar-refractivity contribution in [3.8, 4) is 0 Å². The first-order chi connectivity index (χ1) is 9.59. The van der Waals surface area contributed by atoms with E-state index in [0.717, 1.165) is 5.56 Å². The molecule has 1 aromatic rings. The zero-order valence-electron chi connectivity index (χ0n) is 10.9. The monoisotopic (exact) mass is 276 g/mol. The molecule has 6 nitrogen and oxygen atoms in total. The summed E-state index contributed by atoms with van der Waals surface area (Å²) in [5.41, 5.74) is 7.42. The van der Waals surface area contributed by atoms with Crippen molar-refractivity contribution in [3.05, 3.63) is 29.8 Å². The van der Waals surface area contributed by atoms with E-state index >= 15 is 0 Å². The van der Waals surface area contributed by atoms with Gasteiger partial charge in [0.05, 0.1) is 19.1 Å². The van der Waals surface area contributed by atoms with E-state index in [1.165, 1.54) is 4.90 Å². The van der Waals surface area contributed by atoms with Crippen molar-refractivity contribution in [2.45, 2.75) is 18.5 Å². The smallest absolute Gasteiger partial charge is 0.327 e. The number of hydrogen-bond acceptors (Lipinski definition) is 4. The number of carbonyl (C=O) groups is 2. The van der Waals surface area contributed by atoms with Gasteiger partial charge in [-0.1, -0.05) is 18.2 Å². The molecule has 106 valence electrons. The zero-order valence-corrected chi connectivity index (χ0v) is 10.9. The zero-order chi connectivity index (χ0) is 14.3. The number of carbonyl (C=O) groups excluding carboxylic acids is 1. The maximum Gasteiger partial charge on any atom is 0.327 e. The largest absolute Gasteiger partial charge is 0.480 e. The number of nitrogens with zero attached hydrogens (tertiary/aromatic N) is 1. The highest BCUT2D eigenvalue weighted by Gasteiger charge is 2.43. The summed E-state index contributed by atoms with van der Waals surface area (Å²) < 4.78 is 5.21. The van der Waals surface area contributed by atoms with Gasteiger partial charge in [-0.15, -0.1) is 0 Å². The number of carboxylic acid groups (broad SMARTS) is 1. The van der Waals surface area contributed by atoms with Gasteiger partial charge in [0.2, 0.25) is 5.91 Å². The van der Waals surface area contributed by atoms with E-state index in [1.54, 1.807) is 12.1 Å². The molecule has 1 saturated heterocycles. The topological polar surface area (TPSA) is 92.9 Å². The number of rotatable bonds is 2. The maximum atomic E-state index is 12.6. The minimum absolute atomic E-state index is 0.255. The van der Waals surface area contributed by atoms with Crippen molar-refractivity contribution in [3.63, 3.8) is 0 Å². The van der Waals surface area contributed by atoms with Crippen molar-refractivity contribution in [2.75, 3.05) is 18.1 Å². The van der Waals surface area contributed by atoms with Crippen LogP contribution in [0.5, 0.6) is 0 Å². The quantitative estimate of drug-likeness (QED) is 0.793. The summed E-state index contributed by atoms with van der Waals surface area (Å²) in [5, 5.41) is 9.36. The lowest BCUT2D eigenvalue weighted by molar-refractivity contribution is -0.140. The van der Waals surface area contributed by atoms with Gasteiger partial charge in [-0.2, -0.15) is 0 Å². The first-order valence-electron chi connectivity index (χ1n) is 6.56. The Morgan fingerprint density at radius 1 is 1.30 bits per heavy atom. The van der Waals surface area contributed by atoms with Gasteiger partial charge in [-0.05, 0) is 11.6 Å². The number of carboxylic acids is 1. The Balaban J connectivity index is 1.96. The van der Waals surface area contributed by atoms with Crippen LogP contribution in [0.4, 0.5) is 5.69 Å². The minimum atomic E-state index is -0.998. The van der Waals surface area contributed by atoms with Crippen molar-refractivity contribution in [1.29, 1.82) is 0 Å². The van der Waals surface area contributed by atoms with Crippen molar-refractivity contribution < 1.29 is 19.4 Å². The van der Waals surface area contributed by atoms with Gasteiger partial charge < -0.3 is 15.6 Å². The Kier molecular flexibility index (Phi) is 3.19. The van der Waals surface area contributed by atoms with E-state index in [4.69, 9.17) is 10.5 Å². The van der Waals surface area contributed by atoms with E-state index in [-0.39, 0.29) is 18.6 Å². The van der Waals surface area contributed by atoms with Gasteiger partial charge in [0, 0.05) is 18.2 Å². The summed E-state index contributed by atoms with van der Waals surface area (Å²) >= 11 is 0. The predicted octanol–water partition coefficient (Wildman–Crippen LogP) is 0.00260. The Bertz CT molecular complexity index is 560. The molecule has 0 bridgehead atoms. The highest BCUT2D eigenvalue weighted by Crippen LogP contribution is 2.34. The van der Waals surface area contributed by atoms with Crippen LogP contribution in [0.15, 0.2) is 24.3 Å². The summed E-state index contributed by atoms with van der Waals surface area (Å²) in [6, 6.07) is 6.04. The second kappa shape index (κ2) is 4.88. The molecule has 2 aliphatic heterocycles. The van der Waals surface area contributed by atoms with Crippen molar-refractivity contribution >= 4 is 17.6 Å². The van der Waals surface area contributed by atoms with Crippen LogP contribution in [0, 0.1) is 5.92 Å². The molecule has 2 heterocycles. The van der Waals surface area contributed by atoms with Crippen LogP contribution < -0.4 is 10.6 Å². The fourth-order valence-corrected chi connectivity index (χ4v) is 2.86. The van der Waals surface area contributed by atoms with Crippen LogP contribution in [-0.4, -0.2) is 42.3 Å².